The maximum Gasteiger partial charge on any atom is 0.227 e. The summed E-state index contributed by atoms with van der Waals surface area (Å²) in [5.41, 5.74) is 0.823. The highest BCUT2D eigenvalue weighted by Gasteiger charge is 2.12. The minimum atomic E-state index is -0.0326. The molecule has 0 saturated heterocycles. The quantitative estimate of drug-likeness (QED) is 0.942. The monoisotopic (exact) mass is 298 g/mol. The Bertz CT molecular complexity index is 571. The molecular formula is C12H12Cl2N4O. The normalized spacial score (nSPS) is 10.5. The van der Waals surface area contributed by atoms with Gasteiger partial charge in [0.1, 0.15) is 12.2 Å². The molecule has 0 unspecified atom stereocenters. The molecule has 0 aliphatic rings. The minimum absolute atomic E-state index is 0.0326. The van der Waals surface area contributed by atoms with Crippen LogP contribution in [-0.2, 0) is 17.8 Å². The van der Waals surface area contributed by atoms with Crippen molar-refractivity contribution in [2.24, 2.45) is 0 Å². The summed E-state index contributed by atoms with van der Waals surface area (Å²) in [7, 11) is 1.71. The Kier molecular flexibility index (Phi) is 4.39. The molecule has 0 atom stereocenters. The van der Waals surface area contributed by atoms with Crippen LogP contribution in [0.4, 0.5) is 0 Å². The van der Waals surface area contributed by atoms with Crippen LogP contribution in [0.15, 0.2) is 24.5 Å². The lowest BCUT2D eigenvalue weighted by Crippen LogP contribution is -2.28. The molecule has 5 nitrogen and oxygen atoms in total. The summed E-state index contributed by atoms with van der Waals surface area (Å²) in [6.07, 6.45) is 1.67. The zero-order valence-corrected chi connectivity index (χ0v) is 11.7. The molecule has 2 rings (SSSR count). The summed E-state index contributed by atoms with van der Waals surface area (Å²) in [6.45, 7) is 0.389. The van der Waals surface area contributed by atoms with E-state index in [2.05, 4.69) is 15.2 Å². The Morgan fingerprint density at radius 2 is 2.16 bits per heavy atom. The smallest absolute Gasteiger partial charge is 0.227 e. The van der Waals surface area contributed by atoms with Gasteiger partial charge in [-0.2, -0.15) is 5.10 Å². The third-order valence-corrected chi connectivity index (χ3v) is 3.36. The fraction of sp³-hybridized carbons (Fsp3) is 0.250. The van der Waals surface area contributed by atoms with Crippen LogP contribution in [0.3, 0.4) is 0 Å². The van der Waals surface area contributed by atoms with E-state index in [1.165, 1.54) is 6.33 Å². The first-order valence-electron chi connectivity index (χ1n) is 5.58. The number of nitrogens with one attached hydrogen (secondary N) is 1. The zero-order chi connectivity index (χ0) is 13.8. The van der Waals surface area contributed by atoms with E-state index in [1.807, 2.05) is 0 Å². The number of hydrogen-bond acceptors (Lipinski definition) is 3. The molecule has 7 heteroatoms. The molecule has 100 valence electrons. The van der Waals surface area contributed by atoms with Gasteiger partial charge in [-0.3, -0.25) is 9.89 Å². The van der Waals surface area contributed by atoms with Gasteiger partial charge < -0.3 is 4.90 Å². The van der Waals surface area contributed by atoms with Crippen molar-refractivity contribution < 1.29 is 4.79 Å². The molecule has 0 aliphatic carbocycles. The van der Waals surface area contributed by atoms with Gasteiger partial charge in [-0.25, -0.2) is 4.98 Å². The molecule has 0 bridgehead atoms. The van der Waals surface area contributed by atoms with Gasteiger partial charge in [0.15, 0.2) is 0 Å². The molecule has 0 spiro atoms. The van der Waals surface area contributed by atoms with E-state index in [9.17, 15) is 4.79 Å². The van der Waals surface area contributed by atoms with Crippen LogP contribution in [0.1, 0.15) is 11.4 Å². The van der Waals surface area contributed by atoms with Crippen molar-refractivity contribution in [2.45, 2.75) is 13.0 Å². The van der Waals surface area contributed by atoms with E-state index in [4.69, 9.17) is 23.2 Å². The Hall–Kier alpha value is -1.59. The number of aromatic amines is 1. The lowest BCUT2D eigenvalue weighted by molar-refractivity contribution is -0.129. The van der Waals surface area contributed by atoms with E-state index in [0.29, 0.717) is 22.4 Å². The number of carbonyl (C=O) groups is 1. The average molecular weight is 299 g/mol. The number of benzene rings is 1. The molecule has 1 aromatic heterocycles. The lowest BCUT2D eigenvalue weighted by atomic mass is 10.1. The van der Waals surface area contributed by atoms with Crippen LogP contribution in [0.5, 0.6) is 0 Å². The summed E-state index contributed by atoms with van der Waals surface area (Å²) in [6, 6.07) is 5.17. The first kappa shape index (κ1) is 13.8. The van der Waals surface area contributed by atoms with Gasteiger partial charge in [0.2, 0.25) is 5.91 Å². The minimum Gasteiger partial charge on any atom is -0.338 e. The van der Waals surface area contributed by atoms with E-state index < -0.39 is 0 Å². The number of carbonyl (C=O) groups excluding carboxylic acids is 1. The first-order valence-corrected chi connectivity index (χ1v) is 6.34. The van der Waals surface area contributed by atoms with Crippen molar-refractivity contribution in [3.05, 3.63) is 46.0 Å². The number of H-pyrrole nitrogens is 1. The Labute approximate surface area is 120 Å². The van der Waals surface area contributed by atoms with Gasteiger partial charge in [0.25, 0.3) is 0 Å². The number of amides is 1. The summed E-state index contributed by atoms with van der Waals surface area (Å²) in [5.74, 6) is 0.611. The Balaban J connectivity index is 1.98. The number of hydrogen-bond donors (Lipinski definition) is 1. The molecule has 0 radical (unpaired) electrons. The van der Waals surface area contributed by atoms with E-state index >= 15 is 0 Å². The predicted molar refractivity (Wildman–Crippen MR) is 73.0 cm³/mol. The van der Waals surface area contributed by atoms with E-state index in [0.717, 1.165) is 5.56 Å². The molecular weight excluding hydrogens is 287 g/mol. The fourth-order valence-corrected chi connectivity index (χ4v) is 1.90. The molecule has 2 aromatic rings. The molecule has 0 fully saturated rings. The highest BCUT2D eigenvalue weighted by Crippen LogP contribution is 2.22. The summed E-state index contributed by atoms with van der Waals surface area (Å²) in [5, 5.41) is 7.37. The highest BCUT2D eigenvalue weighted by molar-refractivity contribution is 6.42. The second kappa shape index (κ2) is 6.04. The largest absolute Gasteiger partial charge is 0.338 e. The van der Waals surface area contributed by atoms with Crippen molar-refractivity contribution in [1.29, 1.82) is 0 Å². The van der Waals surface area contributed by atoms with Crippen LogP contribution in [0, 0.1) is 0 Å². The number of likely N-dealkylation sites (N-methyl/N-ethyl adjacent to an activating group) is 1. The predicted octanol–water partition coefficient (Wildman–Crippen LogP) is 2.31. The molecule has 0 saturated carbocycles. The van der Waals surface area contributed by atoms with E-state index in [1.54, 1.807) is 30.1 Å². The second-order valence-electron chi connectivity index (χ2n) is 4.11. The molecule has 1 aromatic carbocycles. The molecule has 1 amide bonds. The van der Waals surface area contributed by atoms with Gasteiger partial charge in [-0.1, -0.05) is 29.3 Å². The molecule has 1 heterocycles. The highest BCUT2D eigenvalue weighted by atomic mass is 35.5. The molecule has 19 heavy (non-hydrogen) atoms. The van der Waals surface area contributed by atoms with Crippen LogP contribution in [0.25, 0.3) is 0 Å². The van der Waals surface area contributed by atoms with Crippen molar-refractivity contribution in [3.8, 4) is 0 Å². The van der Waals surface area contributed by atoms with Crippen LogP contribution in [0.2, 0.25) is 10.0 Å². The molecule has 0 aliphatic heterocycles. The Morgan fingerprint density at radius 3 is 2.79 bits per heavy atom. The third-order valence-electron chi connectivity index (χ3n) is 2.62. The number of nitrogens with zero attached hydrogens (tertiary/aromatic N) is 3. The maximum atomic E-state index is 12.0. The number of rotatable bonds is 4. The van der Waals surface area contributed by atoms with Gasteiger partial charge >= 0.3 is 0 Å². The average Bonchev–Trinajstić information content (AvgIpc) is 2.86. The van der Waals surface area contributed by atoms with Crippen LogP contribution < -0.4 is 0 Å². The standard InChI is InChI=1S/C12H12Cl2N4O/c1-18(6-11-15-7-16-17-11)12(19)5-8-2-3-9(13)10(14)4-8/h2-4,7H,5-6H2,1H3,(H,15,16,17). The van der Waals surface area contributed by atoms with Gasteiger partial charge in [-0.05, 0) is 17.7 Å². The summed E-state index contributed by atoms with van der Waals surface area (Å²) in [4.78, 5) is 17.6. The zero-order valence-electron chi connectivity index (χ0n) is 10.2. The Morgan fingerprint density at radius 1 is 1.37 bits per heavy atom. The fourth-order valence-electron chi connectivity index (χ4n) is 1.58. The van der Waals surface area contributed by atoms with Crippen molar-refractivity contribution in [2.75, 3.05) is 7.05 Å². The third kappa shape index (κ3) is 3.68. The van der Waals surface area contributed by atoms with Gasteiger partial charge in [-0.15, -0.1) is 0 Å². The summed E-state index contributed by atoms with van der Waals surface area (Å²) >= 11 is 11.7. The SMILES string of the molecule is CN(Cc1ncn[nH]1)C(=O)Cc1ccc(Cl)c(Cl)c1. The van der Waals surface area contributed by atoms with Crippen LogP contribution in [-0.4, -0.2) is 33.0 Å². The first-order chi connectivity index (χ1) is 9.06. The summed E-state index contributed by atoms with van der Waals surface area (Å²) < 4.78 is 0. The van der Waals surface area contributed by atoms with Crippen molar-refractivity contribution in [1.82, 2.24) is 20.1 Å². The lowest BCUT2D eigenvalue weighted by Gasteiger charge is -2.15. The second-order valence-corrected chi connectivity index (χ2v) is 4.92. The van der Waals surface area contributed by atoms with Crippen molar-refractivity contribution >= 4 is 29.1 Å². The van der Waals surface area contributed by atoms with E-state index in [-0.39, 0.29) is 12.3 Å². The van der Waals surface area contributed by atoms with Crippen LogP contribution >= 0.6 is 23.2 Å². The number of aromatic nitrogens is 3. The topological polar surface area (TPSA) is 61.9 Å². The van der Waals surface area contributed by atoms with Crippen molar-refractivity contribution in [3.63, 3.8) is 0 Å². The number of halogens is 2. The molecule has 1 N–H and O–H groups in total. The van der Waals surface area contributed by atoms with Gasteiger partial charge in [0.05, 0.1) is 23.0 Å². The van der Waals surface area contributed by atoms with Gasteiger partial charge in [0, 0.05) is 7.05 Å². The maximum absolute atomic E-state index is 12.0.